The highest BCUT2D eigenvalue weighted by atomic mass is 16.3. The quantitative estimate of drug-likeness (QED) is 0.424. The van der Waals surface area contributed by atoms with Crippen LogP contribution < -0.4 is 5.73 Å². The number of aromatic nitrogens is 1. The van der Waals surface area contributed by atoms with Crippen LogP contribution in [0.15, 0.2) is 24.4 Å². The monoisotopic (exact) mass is 149 g/mol. The number of nitrogens with zero attached hydrogens (tertiary/aromatic N) is 2. The molecule has 1 unspecified atom stereocenters. The maximum atomic E-state index is 9.15. The van der Waals surface area contributed by atoms with Gasteiger partial charge in [0.1, 0.15) is 11.8 Å². The van der Waals surface area contributed by atoms with E-state index in [0.717, 1.165) is 0 Å². The van der Waals surface area contributed by atoms with E-state index < -0.39 is 5.72 Å². The predicted octanol–water partition coefficient (Wildman–Crippen LogP) is -0.291. The van der Waals surface area contributed by atoms with Crippen LogP contribution in [0.1, 0.15) is 5.69 Å². The number of nitrogens with two attached hydrogens (primary N) is 1. The first-order chi connectivity index (χ1) is 5.17. The first-order valence-electron chi connectivity index (χ1n) is 3.01. The normalized spacial score (nSPS) is 15.0. The molecule has 1 atom stereocenters. The van der Waals surface area contributed by atoms with Gasteiger partial charge in [-0.1, -0.05) is 6.07 Å². The average molecular weight is 149 g/mol. The Hall–Kier alpha value is -1.44. The lowest BCUT2D eigenvalue weighted by atomic mass is 10.2. The second kappa shape index (κ2) is 2.66. The lowest BCUT2D eigenvalue weighted by molar-refractivity contribution is 0.101. The van der Waals surface area contributed by atoms with Crippen LogP contribution in [0.25, 0.3) is 0 Å². The summed E-state index contributed by atoms with van der Waals surface area (Å²) in [5, 5.41) is 17.5. The number of aliphatic hydroxyl groups is 1. The maximum Gasteiger partial charge on any atom is 0.247 e. The van der Waals surface area contributed by atoms with Gasteiger partial charge in [0, 0.05) is 6.20 Å². The standard InChI is InChI=1S/C7H7N3O/c8-5-7(9,11)6-3-1-2-4-10-6/h1-4,11H,9H2. The van der Waals surface area contributed by atoms with Crippen molar-refractivity contribution in [1.82, 2.24) is 4.98 Å². The van der Waals surface area contributed by atoms with Gasteiger partial charge in [-0.3, -0.25) is 10.7 Å². The van der Waals surface area contributed by atoms with Crippen LogP contribution in [0.4, 0.5) is 0 Å². The van der Waals surface area contributed by atoms with Crippen molar-refractivity contribution >= 4 is 0 Å². The maximum absolute atomic E-state index is 9.15. The Morgan fingerprint density at radius 3 is 2.82 bits per heavy atom. The Morgan fingerprint density at radius 2 is 2.36 bits per heavy atom. The average Bonchev–Trinajstić information content (AvgIpc) is 2.06. The number of hydrogen-bond donors (Lipinski definition) is 2. The first kappa shape index (κ1) is 7.66. The third-order valence-electron chi connectivity index (χ3n) is 1.23. The van der Waals surface area contributed by atoms with Gasteiger partial charge in [-0.15, -0.1) is 0 Å². The summed E-state index contributed by atoms with van der Waals surface area (Å²) in [6.45, 7) is 0. The third-order valence-corrected chi connectivity index (χ3v) is 1.23. The van der Waals surface area contributed by atoms with Crippen LogP contribution in [0.2, 0.25) is 0 Å². The van der Waals surface area contributed by atoms with Gasteiger partial charge in [0.2, 0.25) is 5.72 Å². The van der Waals surface area contributed by atoms with Gasteiger partial charge in [0.05, 0.1) is 0 Å². The van der Waals surface area contributed by atoms with E-state index in [0.29, 0.717) is 0 Å². The van der Waals surface area contributed by atoms with Gasteiger partial charge in [0.25, 0.3) is 0 Å². The molecule has 1 aromatic rings. The molecule has 0 aromatic carbocycles. The molecule has 0 amide bonds. The van der Waals surface area contributed by atoms with Crippen LogP contribution in [0.3, 0.4) is 0 Å². The zero-order valence-electron chi connectivity index (χ0n) is 5.73. The van der Waals surface area contributed by atoms with Gasteiger partial charge in [-0.25, -0.2) is 0 Å². The molecule has 0 aliphatic carbocycles. The SMILES string of the molecule is N#CC(N)(O)c1ccccn1. The molecule has 1 heterocycles. The van der Waals surface area contributed by atoms with E-state index in [1.807, 2.05) is 0 Å². The summed E-state index contributed by atoms with van der Waals surface area (Å²) in [4.78, 5) is 3.72. The molecule has 0 fully saturated rings. The zero-order valence-corrected chi connectivity index (χ0v) is 5.73. The van der Waals surface area contributed by atoms with Crippen LogP contribution in [0.5, 0.6) is 0 Å². The Bertz CT molecular complexity index is 275. The smallest absolute Gasteiger partial charge is 0.247 e. The molecule has 1 rings (SSSR count). The van der Waals surface area contributed by atoms with E-state index in [1.54, 1.807) is 12.1 Å². The zero-order chi connectivity index (χ0) is 8.32. The highest BCUT2D eigenvalue weighted by molar-refractivity contribution is 5.18. The van der Waals surface area contributed by atoms with Crippen molar-refractivity contribution in [1.29, 1.82) is 5.26 Å². The van der Waals surface area contributed by atoms with E-state index in [1.165, 1.54) is 18.3 Å². The van der Waals surface area contributed by atoms with Crippen molar-refractivity contribution in [3.63, 3.8) is 0 Å². The van der Waals surface area contributed by atoms with Gasteiger partial charge >= 0.3 is 0 Å². The largest absolute Gasteiger partial charge is 0.359 e. The fourth-order valence-corrected chi connectivity index (χ4v) is 0.645. The molecule has 3 N–H and O–H groups in total. The van der Waals surface area contributed by atoms with E-state index in [-0.39, 0.29) is 5.69 Å². The highest BCUT2D eigenvalue weighted by Gasteiger charge is 2.23. The first-order valence-corrected chi connectivity index (χ1v) is 3.01. The molecule has 11 heavy (non-hydrogen) atoms. The van der Waals surface area contributed by atoms with Crippen LogP contribution in [0, 0.1) is 11.3 Å². The van der Waals surface area contributed by atoms with Gasteiger partial charge in [0.15, 0.2) is 0 Å². The van der Waals surface area contributed by atoms with Gasteiger partial charge < -0.3 is 5.11 Å². The molecule has 56 valence electrons. The minimum atomic E-state index is -1.97. The van der Waals surface area contributed by atoms with Gasteiger partial charge in [-0.2, -0.15) is 5.26 Å². The van der Waals surface area contributed by atoms with Crippen molar-refractivity contribution in [3.05, 3.63) is 30.1 Å². The summed E-state index contributed by atoms with van der Waals surface area (Å²) in [7, 11) is 0. The molecule has 4 nitrogen and oxygen atoms in total. The fraction of sp³-hybridized carbons (Fsp3) is 0.143. The van der Waals surface area contributed by atoms with Crippen molar-refractivity contribution in [2.24, 2.45) is 5.73 Å². The van der Waals surface area contributed by atoms with Crippen molar-refractivity contribution in [3.8, 4) is 6.07 Å². The molecule has 0 aliphatic heterocycles. The minimum absolute atomic E-state index is 0.155. The molecule has 0 radical (unpaired) electrons. The molecule has 1 aromatic heterocycles. The molecular formula is C7H7N3O. The molecule has 0 spiro atoms. The molecule has 0 bridgehead atoms. The molecule has 0 aliphatic rings. The second-order valence-electron chi connectivity index (χ2n) is 2.09. The molecule has 4 heteroatoms. The Labute approximate surface area is 63.9 Å². The summed E-state index contributed by atoms with van der Waals surface area (Å²) in [5.74, 6) is 0. The molecule has 0 saturated carbocycles. The van der Waals surface area contributed by atoms with Crippen LogP contribution >= 0.6 is 0 Å². The summed E-state index contributed by atoms with van der Waals surface area (Å²) in [5.41, 5.74) is 3.35. The minimum Gasteiger partial charge on any atom is -0.359 e. The lowest BCUT2D eigenvalue weighted by Crippen LogP contribution is -2.35. The predicted molar refractivity (Wildman–Crippen MR) is 37.9 cm³/mol. The number of rotatable bonds is 1. The Kier molecular flexibility index (Phi) is 1.85. The van der Waals surface area contributed by atoms with Crippen molar-refractivity contribution in [2.45, 2.75) is 5.72 Å². The van der Waals surface area contributed by atoms with Crippen LogP contribution in [-0.4, -0.2) is 10.1 Å². The Morgan fingerprint density at radius 1 is 1.64 bits per heavy atom. The molecular weight excluding hydrogens is 142 g/mol. The van der Waals surface area contributed by atoms with E-state index in [2.05, 4.69) is 4.98 Å². The topological polar surface area (TPSA) is 82.9 Å². The highest BCUT2D eigenvalue weighted by Crippen LogP contribution is 2.08. The fourth-order valence-electron chi connectivity index (χ4n) is 0.645. The lowest BCUT2D eigenvalue weighted by Gasteiger charge is -2.11. The molecule has 0 saturated heterocycles. The van der Waals surface area contributed by atoms with Crippen molar-refractivity contribution in [2.75, 3.05) is 0 Å². The van der Waals surface area contributed by atoms with Crippen LogP contribution in [-0.2, 0) is 5.72 Å². The summed E-state index contributed by atoms with van der Waals surface area (Å²) >= 11 is 0. The summed E-state index contributed by atoms with van der Waals surface area (Å²) < 4.78 is 0. The number of nitriles is 1. The second-order valence-corrected chi connectivity index (χ2v) is 2.09. The summed E-state index contributed by atoms with van der Waals surface area (Å²) in [6, 6.07) is 6.35. The van der Waals surface area contributed by atoms with E-state index >= 15 is 0 Å². The van der Waals surface area contributed by atoms with Crippen molar-refractivity contribution < 1.29 is 5.11 Å². The third kappa shape index (κ3) is 1.52. The van der Waals surface area contributed by atoms with E-state index in [9.17, 15) is 0 Å². The van der Waals surface area contributed by atoms with Gasteiger partial charge in [-0.05, 0) is 12.1 Å². The Balaban J connectivity index is 3.05. The number of hydrogen-bond acceptors (Lipinski definition) is 4. The van der Waals surface area contributed by atoms with E-state index in [4.69, 9.17) is 16.1 Å². The summed E-state index contributed by atoms with van der Waals surface area (Å²) in [6.07, 6.45) is 1.46. The number of pyridine rings is 1.